The summed E-state index contributed by atoms with van der Waals surface area (Å²) in [6.45, 7) is 0.611. The molecule has 7 heavy (non-hydrogen) atoms. The van der Waals surface area contributed by atoms with Crippen LogP contribution < -0.4 is 11.1 Å². The van der Waals surface area contributed by atoms with Crippen LogP contribution in [0.4, 0.5) is 0 Å². The summed E-state index contributed by atoms with van der Waals surface area (Å²) in [6, 6.07) is 0.0694. The van der Waals surface area contributed by atoms with Gasteiger partial charge in [0.2, 0.25) is 0 Å². The molecule has 0 aromatic heterocycles. The summed E-state index contributed by atoms with van der Waals surface area (Å²) in [7, 11) is 1.77. The van der Waals surface area contributed by atoms with Crippen LogP contribution in [0.25, 0.3) is 0 Å². The largest absolute Gasteiger partial charge is 0.395 e. The second-order valence-electron chi connectivity index (χ2n) is 1.40. The van der Waals surface area contributed by atoms with Crippen molar-refractivity contribution in [2.24, 2.45) is 5.73 Å². The Labute approximate surface area is 43.5 Å². The first-order valence-corrected chi connectivity index (χ1v) is 2.33. The molecule has 0 radical (unpaired) electrons. The molecule has 0 rings (SSSR count). The van der Waals surface area contributed by atoms with Crippen molar-refractivity contribution in [3.05, 3.63) is 0 Å². The minimum atomic E-state index is 0.0694. The molecule has 3 nitrogen and oxygen atoms in total. The lowest BCUT2D eigenvalue weighted by molar-refractivity contribution is 0.252. The number of hydrogen-bond donors (Lipinski definition) is 3. The summed E-state index contributed by atoms with van der Waals surface area (Å²) in [6.07, 6.45) is 0. The van der Waals surface area contributed by atoms with E-state index in [1.165, 1.54) is 0 Å². The van der Waals surface area contributed by atoms with Gasteiger partial charge >= 0.3 is 0 Å². The molecule has 0 aromatic carbocycles. The molecule has 3 heteroatoms. The quantitative estimate of drug-likeness (QED) is 0.409. The van der Waals surface area contributed by atoms with E-state index in [9.17, 15) is 0 Å². The highest BCUT2D eigenvalue weighted by molar-refractivity contribution is 4.60. The second-order valence-corrected chi connectivity index (χ2v) is 1.40. The van der Waals surface area contributed by atoms with E-state index in [2.05, 4.69) is 5.32 Å². The maximum absolute atomic E-state index is 8.38. The van der Waals surface area contributed by atoms with Crippen LogP contribution in [-0.2, 0) is 0 Å². The Bertz CT molecular complexity index is 31.2. The number of rotatable bonds is 3. The molecule has 1 unspecified atom stereocenters. The zero-order valence-corrected chi connectivity index (χ0v) is 4.52. The molecule has 44 valence electrons. The van der Waals surface area contributed by atoms with Crippen molar-refractivity contribution < 1.29 is 5.11 Å². The molecule has 0 heterocycles. The number of hydrogen-bond acceptors (Lipinski definition) is 3. The maximum atomic E-state index is 8.38. The van der Waals surface area contributed by atoms with Crippen molar-refractivity contribution in [2.75, 3.05) is 20.2 Å². The molecule has 0 bridgehead atoms. The molecule has 0 amide bonds. The highest BCUT2D eigenvalue weighted by atomic mass is 16.3. The lowest BCUT2D eigenvalue weighted by Gasteiger charge is -2.07. The minimum absolute atomic E-state index is 0.0694. The van der Waals surface area contributed by atoms with Crippen molar-refractivity contribution in [2.45, 2.75) is 6.04 Å². The maximum Gasteiger partial charge on any atom is 0.0596 e. The number of aliphatic hydroxyl groups excluding tert-OH is 1. The zero-order valence-electron chi connectivity index (χ0n) is 4.52. The lowest BCUT2D eigenvalue weighted by Crippen LogP contribution is -2.36. The first-order chi connectivity index (χ1) is 3.35. The van der Waals surface area contributed by atoms with Crippen LogP contribution in [0, 0.1) is 0 Å². The van der Waals surface area contributed by atoms with Crippen LogP contribution in [0.1, 0.15) is 0 Å². The summed E-state index contributed by atoms with van der Waals surface area (Å²) in [5, 5.41) is 11.2. The average molecular weight is 104 g/mol. The van der Waals surface area contributed by atoms with Crippen LogP contribution in [-0.4, -0.2) is 31.3 Å². The number of nitrogens with one attached hydrogen (secondary N) is 1. The molecule has 0 fully saturated rings. The van der Waals surface area contributed by atoms with Gasteiger partial charge in [-0.2, -0.15) is 0 Å². The standard InChI is InChI=1S/C4H12N2O/c1-6-4(2-5)3-7/h4,6-7H,2-3,5H2,1H3. The van der Waals surface area contributed by atoms with Gasteiger partial charge < -0.3 is 16.2 Å². The van der Waals surface area contributed by atoms with Crippen molar-refractivity contribution in [1.29, 1.82) is 0 Å². The van der Waals surface area contributed by atoms with Crippen molar-refractivity contribution in [1.82, 2.24) is 5.32 Å². The SMILES string of the molecule is CNC(CN)CO. The van der Waals surface area contributed by atoms with Gasteiger partial charge in [-0.1, -0.05) is 0 Å². The van der Waals surface area contributed by atoms with Gasteiger partial charge in [0, 0.05) is 12.6 Å². The highest BCUT2D eigenvalue weighted by Crippen LogP contribution is 1.70. The van der Waals surface area contributed by atoms with E-state index in [1.54, 1.807) is 7.05 Å². The Morgan fingerprint density at radius 3 is 2.43 bits per heavy atom. The van der Waals surface area contributed by atoms with Crippen molar-refractivity contribution in [3.8, 4) is 0 Å². The topological polar surface area (TPSA) is 58.3 Å². The van der Waals surface area contributed by atoms with Crippen molar-refractivity contribution in [3.63, 3.8) is 0 Å². The Kier molecular flexibility index (Phi) is 3.98. The first kappa shape index (κ1) is 6.88. The summed E-state index contributed by atoms with van der Waals surface area (Å²) in [5.74, 6) is 0. The molecule has 0 saturated carbocycles. The molecule has 0 aliphatic carbocycles. The second kappa shape index (κ2) is 4.05. The average Bonchev–Trinajstić information content (AvgIpc) is 1.72. The Hall–Kier alpha value is -0.120. The van der Waals surface area contributed by atoms with E-state index >= 15 is 0 Å². The molecule has 0 aromatic rings. The number of nitrogens with two attached hydrogens (primary N) is 1. The Morgan fingerprint density at radius 1 is 1.86 bits per heavy atom. The van der Waals surface area contributed by atoms with Crippen LogP contribution in [0.2, 0.25) is 0 Å². The van der Waals surface area contributed by atoms with Gasteiger partial charge in [-0.15, -0.1) is 0 Å². The predicted octanol–water partition coefficient (Wildman–Crippen LogP) is -1.47. The van der Waals surface area contributed by atoms with Gasteiger partial charge in [0.25, 0.3) is 0 Å². The van der Waals surface area contributed by atoms with E-state index in [-0.39, 0.29) is 12.6 Å². The molecule has 0 aliphatic heterocycles. The van der Waals surface area contributed by atoms with Gasteiger partial charge in [0.1, 0.15) is 0 Å². The summed E-state index contributed by atoms with van der Waals surface area (Å²) in [4.78, 5) is 0. The monoisotopic (exact) mass is 104 g/mol. The highest BCUT2D eigenvalue weighted by Gasteiger charge is 1.96. The van der Waals surface area contributed by atoms with Crippen LogP contribution in [0.5, 0.6) is 0 Å². The fraction of sp³-hybridized carbons (Fsp3) is 1.00. The smallest absolute Gasteiger partial charge is 0.0596 e. The summed E-state index contributed by atoms with van der Waals surface area (Å²) >= 11 is 0. The van der Waals surface area contributed by atoms with Crippen LogP contribution >= 0.6 is 0 Å². The van der Waals surface area contributed by atoms with Gasteiger partial charge in [-0.05, 0) is 7.05 Å². The number of aliphatic hydroxyl groups is 1. The van der Waals surface area contributed by atoms with Gasteiger partial charge in [0.05, 0.1) is 6.61 Å². The third kappa shape index (κ3) is 2.56. The molecule has 1 atom stereocenters. The Balaban J connectivity index is 2.99. The molecular weight excluding hydrogens is 92.1 g/mol. The molecule has 0 spiro atoms. The fourth-order valence-corrected chi connectivity index (χ4v) is 0.284. The molecular formula is C4H12N2O. The van der Waals surface area contributed by atoms with E-state index in [0.717, 1.165) is 0 Å². The van der Waals surface area contributed by atoms with E-state index in [1.807, 2.05) is 0 Å². The lowest BCUT2D eigenvalue weighted by atomic mass is 10.3. The summed E-state index contributed by atoms with van der Waals surface area (Å²) in [5.41, 5.74) is 5.17. The first-order valence-electron chi connectivity index (χ1n) is 2.33. The Morgan fingerprint density at radius 2 is 2.43 bits per heavy atom. The van der Waals surface area contributed by atoms with Gasteiger partial charge in [-0.3, -0.25) is 0 Å². The third-order valence-electron chi connectivity index (χ3n) is 0.913. The van der Waals surface area contributed by atoms with Crippen LogP contribution in [0.3, 0.4) is 0 Å². The molecule has 0 saturated heterocycles. The molecule has 0 aliphatic rings. The number of likely N-dealkylation sites (N-methyl/N-ethyl adjacent to an activating group) is 1. The van der Waals surface area contributed by atoms with Crippen molar-refractivity contribution >= 4 is 0 Å². The van der Waals surface area contributed by atoms with E-state index in [0.29, 0.717) is 6.54 Å². The third-order valence-corrected chi connectivity index (χ3v) is 0.913. The normalized spacial score (nSPS) is 14.1. The fourth-order valence-electron chi connectivity index (χ4n) is 0.284. The molecule has 4 N–H and O–H groups in total. The van der Waals surface area contributed by atoms with Gasteiger partial charge in [0.15, 0.2) is 0 Å². The van der Waals surface area contributed by atoms with E-state index in [4.69, 9.17) is 10.8 Å². The minimum Gasteiger partial charge on any atom is -0.395 e. The zero-order chi connectivity index (χ0) is 5.70. The van der Waals surface area contributed by atoms with Gasteiger partial charge in [-0.25, -0.2) is 0 Å². The van der Waals surface area contributed by atoms with Crippen LogP contribution in [0.15, 0.2) is 0 Å². The predicted molar refractivity (Wildman–Crippen MR) is 29.0 cm³/mol. The van der Waals surface area contributed by atoms with E-state index < -0.39 is 0 Å². The summed E-state index contributed by atoms with van der Waals surface area (Å²) < 4.78 is 0.